The predicted molar refractivity (Wildman–Crippen MR) is 72.3 cm³/mol. The standard InChI is InChI=1S/C13H14FN3OS/c1-9(13-15-6-7-16-13)17-12(18)8-19-11-4-2-10(14)3-5-11/h2-7,9H,8H2,1H3,(H,15,16)(H,17,18). The lowest BCUT2D eigenvalue weighted by Gasteiger charge is -2.11. The van der Waals surface area contributed by atoms with Crippen molar-refractivity contribution in [3.05, 3.63) is 48.3 Å². The second-order valence-electron chi connectivity index (χ2n) is 4.01. The van der Waals surface area contributed by atoms with Crippen LogP contribution in [0.1, 0.15) is 18.8 Å². The molecule has 1 heterocycles. The summed E-state index contributed by atoms with van der Waals surface area (Å²) in [5.41, 5.74) is 0. The fourth-order valence-electron chi connectivity index (χ4n) is 1.55. The van der Waals surface area contributed by atoms with E-state index >= 15 is 0 Å². The first-order valence-electron chi connectivity index (χ1n) is 5.82. The molecule has 0 radical (unpaired) electrons. The second kappa shape index (κ2) is 6.38. The smallest absolute Gasteiger partial charge is 0.230 e. The highest BCUT2D eigenvalue weighted by atomic mass is 32.2. The van der Waals surface area contributed by atoms with Crippen molar-refractivity contribution in [2.75, 3.05) is 5.75 Å². The maximum atomic E-state index is 12.7. The number of nitrogens with zero attached hydrogens (tertiary/aromatic N) is 1. The van der Waals surface area contributed by atoms with Crippen LogP contribution in [0.5, 0.6) is 0 Å². The molecule has 0 aliphatic carbocycles. The highest BCUT2D eigenvalue weighted by molar-refractivity contribution is 8.00. The Balaban J connectivity index is 1.80. The SMILES string of the molecule is CC(NC(=O)CSc1ccc(F)cc1)c1ncc[nH]1. The zero-order chi connectivity index (χ0) is 13.7. The molecule has 0 bridgehead atoms. The van der Waals surface area contributed by atoms with Gasteiger partial charge in [0, 0.05) is 17.3 Å². The summed E-state index contributed by atoms with van der Waals surface area (Å²) in [6, 6.07) is 5.92. The summed E-state index contributed by atoms with van der Waals surface area (Å²) >= 11 is 1.37. The van der Waals surface area contributed by atoms with Crippen LogP contribution in [0.15, 0.2) is 41.6 Å². The Morgan fingerprint density at radius 3 is 2.84 bits per heavy atom. The Hall–Kier alpha value is -1.82. The van der Waals surface area contributed by atoms with E-state index in [1.54, 1.807) is 24.5 Å². The fourth-order valence-corrected chi connectivity index (χ4v) is 2.26. The first-order valence-corrected chi connectivity index (χ1v) is 6.80. The van der Waals surface area contributed by atoms with E-state index in [1.807, 2.05) is 6.92 Å². The quantitative estimate of drug-likeness (QED) is 0.827. The van der Waals surface area contributed by atoms with E-state index in [2.05, 4.69) is 15.3 Å². The van der Waals surface area contributed by atoms with Gasteiger partial charge in [0.05, 0.1) is 11.8 Å². The number of amides is 1. The average molecular weight is 279 g/mol. The molecule has 1 atom stereocenters. The Morgan fingerprint density at radius 2 is 2.21 bits per heavy atom. The average Bonchev–Trinajstić information content (AvgIpc) is 2.92. The van der Waals surface area contributed by atoms with Crippen molar-refractivity contribution < 1.29 is 9.18 Å². The van der Waals surface area contributed by atoms with E-state index in [4.69, 9.17) is 0 Å². The Kier molecular flexibility index (Phi) is 4.57. The van der Waals surface area contributed by atoms with Crippen molar-refractivity contribution in [3.8, 4) is 0 Å². The van der Waals surface area contributed by atoms with Crippen LogP contribution >= 0.6 is 11.8 Å². The summed E-state index contributed by atoms with van der Waals surface area (Å²) in [5, 5.41) is 2.84. The van der Waals surface area contributed by atoms with E-state index in [-0.39, 0.29) is 23.5 Å². The van der Waals surface area contributed by atoms with Crippen molar-refractivity contribution >= 4 is 17.7 Å². The van der Waals surface area contributed by atoms with Crippen LogP contribution in [0.25, 0.3) is 0 Å². The van der Waals surface area contributed by atoms with Gasteiger partial charge in [-0.3, -0.25) is 4.79 Å². The first kappa shape index (κ1) is 13.6. The van der Waals surface area contributed by atoms with Gasteiger partial charge in [0.25, 0.3) is 0 Å². The topological polar surface area (TPSA) is 57.8 Å². The summed E-state index contributed by atoms with van der Waals surface area (Å²) < 4.78 is 12.7. The lowest BCUT2D eigenvalue weighted by atomic mass is 10.3. The maximum absolute atomic E-state index is 12.7. The van der Waals surface area contributed by atoms with E-state index < -0.39 is 0 Å². The third-order valence-corrected chi connectivity index (χ3v) is 3.50. The Bertz CT molecular complexity index is 527. The second-order valence-corrected chi connectivity index (χ2v) is 5.05. The molecule has 0 saturated carbocycles. The molecule has 0 fully saturated rings. The molecule has 19 heavy (non-hydrogen) atoms. The molecule has 1 unspecified atom stereocenters. The first-order chi connectivity index (χ1) is 9.15. The number of aromatic amines is 1. The van der Waals surface area contributed by atoms with Crippen LogP contribution in [0.2, 0.25) is 0 Å². The molecule has 0 aliphatic heterocycles. The summed E-state index contributed by atoms with van der Waals surface area (Å²) in [6.07, 6.45) is 3.36. The molecule has 4 nitrogen and oxygen atoms in total. The van der Waals surface area contributed by atoms with Gasteiger partial charge in [-0.2, -0.15) is 0 Å². The molecule has 1 aromatic heterocycles. The number of halogens is 1. The van der Waals surface area contributed by atoms with Gasteiger partial charge in [-0.15, -0.1) is 11.8 Å². The van der Waals surface area contributed by atoms with E-state index in [9.17, 15) is 9.18 Å². The summed E-state index contributed by atoms with van der Waals surface area (Å²) in [5.74, 6) is 0.648. The van der Waals surface area contributed by atoms with E-state index in [1.165, 1.54) is 23.9 Å². The zero-order valence-corrected chi connectivity index (χ0v) is 11.2. The van der Waals surface area contributed by atoms with Gasteiger partial charge in [0.15, 0.2) is 0 Å². The van der Waals surface area contributed by atoms with E-state index in [0.29, 0.717) is 0 Å². The molecule has 6 heteroatoms. The number of thioether (sulfide) groups is 1. The highest BCUT2D eigenvalue weighted by Crippen LogP contribution is 2.18. The molecular weight excluding hydrogens is 265 g/mol. The van der Waals surface area contributed by atoms with Gasteiger partial charge in [0.2, 0.25) is 5.91 Å². The van der Waals surface area contributed by atoms with Gasteiger partial charge in [0.1, 0.15) is 11.6 Å². The number of rotatable bonds is 5. The van der Waals surface area contributed by atoms with Gasteiger partial charge in [-0.05, 0) is 31.2 Å². The highest BCUT2D eigenvalue weighted by Gasteiger charge is 2.11. The third-order valence-electron chi connectivity index (χ3n) is 2.49. The van der Waals surface area contributed by atoms with Crippen molar-refractivity contribution in [1.82, 2.24) is 15.3 Å². The molecule has 1 aromatic carbocycles. The van der Waals surface area contributed by atoms with Gasteiger partial charge in [-0.25, -0.2) is 9.37 Å². The lowest BCUT2D eigenvalue weighted by Crippen LogP contribution is -2.28. The van der Waals surface area contributed by atoms with Gasteiger partial charge in [-0.1, -0.05) is 0 Å². The number of aromatic nitrogens is 2. The Morgan fingerprint density at radius 1 is 1.47 bits per heavy atom. The third kappa shape index (κ3) is 4.10. The van der Waals surface area contributed by atoms with E-state index in [0.717, 1.165) is 10.7 Å². The zero-order valence-electron chi connectivity index (χ0n) is 10.4. The van der Waals surface area contributed by atoms with Crippen LogP contribution < -0.4 is 5.32 Å². The Labute approximate surface area is 114 Å². The van der Waals surface area contributed by atoms with Crippen molar-refractivity contribution in [2.24, 2.45) is 0 Å². The molecule has 1 amide bonds. The van der Waals surface area contributed by atoms with Crippen molar-refractivity contribution in [1.29, 1.82) is 0 Å². The van der Waals surface area contributed by atoms with Gasteiger partial charge < -0.3 is 10.3 Å². The molecule has 2 aromatic rings. The number of benzene rings is 1. The summed E-state index contributed by atoms with van der Waals surface area (Å²) in [6.45, 7) is 1.86. The van der Waals surface area contributed by atoms with Crippen molar-refractivity contribution in [3.63, 3.8) is 0 Å². The number of carbonyl (C=O) groups is 1. The number of nitrogens with one attached hydrogen (secondary N) is 2. The molecule has 0 saturated heterocycles. The summed E-state index contributed by atoms with van der Waals surface area (Å²) in [4.78, 5) is 19.6. The number of hydrogen-bond donors (Lipinski definition) is 2. The van der Waals surface area contributed by atoms with Gasteiger partial charge >= 0.3 is 0 Å². The number of imidazole rings is 1. The number of H-pyrrole nitrogens is 1. The van der Waals surface area contributed by atoms with Crippen LogP contribution in [-0.2, 0) is 4.79 Å². The lowest BCUT2D eigenvalue weighted by molar-refractivity contribution is -0.119. The predicted octanol–water partition coefficient (Wildman–Crippen LogP) is 2.52. The van der Waals surface area contributed by atoms with Crippen LogP contribution in [0, 0.1) is 5.82 Å². The molecular formula is C13H14FN3OS. The van der Waals surface area contributed by atoms with Crippen molar-refractivity contribution in [2.45, 2.75) is 17.9 Å². The normalized spacial score (nSPS) is 12.1. The minimum absolute atomic E-state index is 0.0850. The minimum Gasteiger partial charge on any atom is -0.347 e. The fraction of sp³-hybridized carbons (Fsp3) is 0.231. The molecule has 2 rings (SSSR count). The largest absolute Gasteiger partial charge is 0.347 e. The monoisotopic (exact) mass is 279 g/mol. The summed E-state index contributed by atoms with van der Waals surface area (Å²) in [7, 11) is 0. The van der Waals surface area contributed by atoms with Crippen LogP contribution in [0.3, 0.4) is 0 Å². The number of hydrogen-bond acceptors (Lipinski definition) is 3. The minimum atomic E-state index is -0.278. The van der Waals surface area contributed by atoms with Crippen LogP contribution in [-0.4, -0.2) is 21.6 Å². The molecule has 0 spiro atoms. The molecule has 100 valence electrons. The van der Waals surface area contributed by atoms with Crippen LogP contribution in [0.4, 0.5) is 4.39 Å². The molecule has 0 aliphatic rings. The molecule has 2 N–H and O–H groups in total. The number of carbonyl (C=O) groups excluding carboxylic acids is 1. The maximum Gasteiger partial charge on any atom is 0.230 e.